The fourth-order valence-electron chi connectivity index (χ4n) is 2.55. The Morgan fingerprint density at radius 3 is 2.83 bits per heavy atom. The predicted molar refractivity (Wildman–Crippen MR) is 98.4 cm³/mol. The maximum atomic E-state index is 5.72. The highest BCUT2D eigenvalue weighted by Gasteiger charge is 2.15. The molecule has 24 heavy (non-hydrogen) atoms. The molecule has 1 unspecified atom stereocenters. The average Bonchev–Trinajstić information content (AvgIpc) is 3.10. The van der Waals surface area contributed by atoms with Crippen molar-refractivity contribution < 1.29 is 9.47 Å². The van der Waals surface area contributed by atoms with Crippen LogP contribution in [-0.2, 0) is 16.0 Å². The van der Waals surface area contributed by atoms with E-state index >= 15 is 0 Å². The van der Waals surface area contributed by atoms with Gasteiger partial charge in [0.1, 0.15) is 0 Å². The molecule has 5 heteroatoms. The maximum absolute atomic E-state index is 5.72. The number of aliphatic imine (C=N–C) groups is 1. The van der Waals surface area contributed by atoms with Crippen molar-refractivity contribution in [3.63, 3.8) is 0 Å². The second kappa shape index (κ2) is 11.0. The molecule has 2 N–H and O–H groups in total. The van der Waals surface area contributed by atoms with E-state index in [4.69, 9.17) is 9.47 Å². The summed E-state index contributed by atoms with van der Waals surface area (Å²) < 4.78 is 11.1. The van der Waals surface area contributed by atoms with Crippen LogP contribution in [0.15, 0.2) is 29.3 Å². The third-order valence-electron chi connectivity index (χ3n) is 4.02. The lowest BCUT2D eigenvalue weighted by molar-refractivity contribution is 0.0888. The third-order valence-corrected chi connectivity index (χ3v) is 4.02. The number of ether oxygens (including phenoxy) is 2. The van der Waals surface area contributed by atoms with Gasteiger partial charge in [0, 0.05) is 32.2 Å². The summed E-state index contributed by atoms with van der Waals surface area (Å²) >= 11 is 0. The molecule has 0 spiro atoms. The number of benzene rings is 1. The molecule has 1 fully saturated rings. The standard InChI is InChI=1S/C19H31N3O2/c1-3-20-19(22-13-17-7-5-16(2)6-8-17)21-10-4-11-23-14-18-9-12-24-15-18/h5-8,18H,3-4,9-15H2,1-2H3,(H2,20,21,22). The number of aryl methyl sites for hydroxylation is 1. The highest BCUT2D eigenvalue weighted by molar-refractivity contribution is 5.79. The molecule has 0 aliphatic carbocycles. The minimum atomic E-state index is 0.589. The molecule has 2 rings (SSSR count). The van der Waals surface area contributed by atoms with Crippen molar-refractivity contribution in [2.45, 2.75) is 33.2 Å². The van der Waals surface area contributed by atoms with Gasteiger partial charge in [-0.1, -0.05) is 29.8 Å². The van der Waals surface area contributed by atoms with Crippen molar-refractivity contribution in [1.82, 2.24) is 10.6 Å². The zero-order valence-electron chi connectivity index (χ0n) is 15.0. The van der Waals surface area contributed by atoms with Crippen LogP contribution in [0.25, 0.3) is 0 Å². The first kappa shape index (κ1) is 18.7. The lowest BCUT2D eigenvalue weighted by Gasteiger charge is -2.12. The van der Waals surface area contributed by atoms with Crippen LogP contribution in [0.3, 0.4) is 0 Å². The van der Waals surface area contributed by atoms with Crippen LogP contribution in [0.5, 0.6) is 0 Å². The van der Waals surface area contributed by atoms with Gasteiger partial charge in [-0.15, -0.1) is 0 Å². The molecule has 1 aliphatic rings. The Hall–Kier alpha value is -1.59. The van der Waals surface area contributed by atoms with Gasteiger partial charge in [0.15, 0.2) is 5.96 Å². The molecule has 0 radical (unpaired) electrons. The van der Waals surface area contributed by atoms with E-state index in [1.807, 2.05) is 0 Å². The lowest BCUT2D eigenvalue weighted by Crippen LogP contribution is -2.38. The molecule has 1 heterocycles. The van der Waals surface area contributed by atoms with Crippen LogP contribution in [0.1, 0.15) is 30.9 Å². The van der Waals surface area contributed by atoms with Crippen molar-refractivity contribution in [3.8, 4) is 0 Å². The van der Waals surface area contributed by atoms with E-state index in [0.717, 1.165) is 58.3 Å². The van der Waals surface area contributed by atoms with E-state index in [0.29, 0.717) is 12.5 Å². The van der Waals surface area contributed by atoms with E-state index in [2.05, 4.69) is 53.7 Å². The fraction of sp³-hybridized carbons (Fsp3) is 0.632. The summed E-state index contributed by atoms with van der Waals surface area (Å²) in [6.45, 7) is 9.93. The van der Waals surface area contributed by atoms with Gasteiger partial charge in [-0.05, 0) is 32.3 Å². The molecule has 1 aromatic rings. The quantitative estimate of drug-likeness (QED) is 0.414. The summed E-state index contributed by atoms with van der Waals surface area (Å²) in [5.41, 5.74) is 2.50. The molecule has 1 saturated heterocycles. The van der Waals surface area contributed by atoms with Gasteiger partial charge in [-0.2, -0.15) is 0 Å². The molecule has 0 aromatic heterocycles. The highest BCUT2D eigenvalue weighted by Crippen LogP contribution is 2.12. The zero-order chi connectivity index (χ0) is 17.0. The van der Waals surface area contributed by atoms with E-state index < -0.39 is 0 Å². The van der Waals surface area contributed by atoms with Crippen molar-refractivity contribution in [2.75, 3.05) is 39.5 Å². The Labute approximate surface area is 145 Å². The van der Waals surface area contributed by atoms with Gasteiger partial charge >= 0.3 is 0 Å². The van der Waals surface area contributed by atoms with Gasteiger partial charge in [-0.25, -0.2) is 4.99 Å². The first-order valence-electron chi connectivity index (χ1n) is 9.01. The first-order valence-corrected chi connectivity index (χ1v) is 9.01. The first-order chi connectivity index (χ1) is 11.8. The van der Waals surface area contributed by atoms with Gasteiger partial charge in [0.05, 0.1) is 19.8 Å². The fourth-order valence-corrected chi connectivity index (χ4v) is 2.55. The topological polar surface area (TPSA) is 54.9 Å². The van der Waals surface area contributed by atoms with E-state index in [1.165, 1.54) is 11.1 Å². The summed E-state index contributed by atoms with van der Waals surface area (Å²) in [6.07, 6.45) is 2.11. The molecule has 0 amide bonds. The summed E-state index contributed by atoms with van der Waals surface area (Å²) in [5, 5.41) is 6.65. The molecular weight excluding hydrogens is 302 g/mol. The van der Waals surface area contributed by atoms with Gasteiger partial charge < -0.3 is 20.1 Å². The molecule has 1 aliphatic heterocycles. The SMILES string of the molecule is CCNC(=NCc1ccc(C)cc1)NCCCOCC1CCOC1. The van der Waals surface area contributed by atoms with Crippen molar-refractivity contribution in [2.24, 2.45) is 10.9 Å². The smallest absolute Gasteiger partial charge is 0.191 e. The number of guanidine groups is 1. The van der Waals surface area contributed by atoms with Gasteiger partial charge in [0.2, 0.25) is 0 Å². The second-order valence-electron chi connectivity index (χ2n) is 6.27. The Balaban J connectivity index is 1.62. The Morgan fingerprint density at radius 2 is 2.12 bits per heavy atom. The largest absolute Gasteiger partial charge is 0.381 e. The van der Waals surface area contributed by atoms with Crippen LogP contribution in [0.4, 0.5) is 0 Å². The van der Waals surface area contributed by atoms with Gasteiger partial charge in [0.25, 0.3) is 0 Å². The number of rotatable bonds is 9. The van der Waals surface area contributed by atoms with Crippen molar-refractivity contribution in [1.29, 1.82) is 0 Å². The lowest BCUT2D eigenvalue weighted by atomic mass is 10.1. The summed E-state index contributed by atoms with van der Waals surface area (Å²) in [5.74, 6) is 1.45. The molecular formula is C19H31N3O2. The van der Waals surface area contributed by atoms with E-state index in [1.54, 1.807) is 0 Å². The van der Waals surface area contributed by atoms with Crippen LogP contribution in [-0.4, -0.2) is 45.5 Å². The molecule has 134 valence electrons. The van der Waals surface area contributed by atoms with Crippen LogP contribution in [0, 0.1) is 12.8 Å². The number of nitrogens with one attached hydrogen (secondary N) is 2. The summed E-state index contributed by atoms with van der Waals surface area (Å²) in [4.78, 5) is 4.63. The summed E-state index contributed by atoms with van der Waals surface area (Å²) in [6, 6.07) is 8.50. The average molecular weight is 333 g/mol. The van der Waals surface area contributed by atoms with Crippen LogP contribution >= 0.6 is 0 Å². The van der Waals surface area contributed by atoms with Crippen LogP contribution < -0.4 is 10.6 Å². The summed E-state index contributed by atoms with van der Waals surface area (Å²) in [7, 11) is 0. The van der Waals surface area contributed by atoms with Gasteiger partial charge in [-0.3, -0.25) is 0 Å². The molecule has 0 bridgehead atoms. The predicted octanol–water partition coefficient (Wildman–Crippen LogP) is 2.49. The maximum Gasteiger partial charge on any atom is 0.191 e. The van der Waals surface area contributed by atoms with Crippen molar-refractivity contribution >= 4 is 5.96 Å². The molecule has 1 aromatic carbocycles. The van der Waals surface area contributed by atoms with Crippen molar-refractivity contribution in [3.05, 3.63) is 35.4 Å². The number of hydrogen-bond donors (Lipinski definition) is 2. The zero-order valence-corrected chi connectivity index (χ0v) is 15.0. The molecule has 0 saturated carbocycles. The molecule has 1 atom stereocenters. The minimum absolute atomic E-state index is 0.589. The minimum Gasteiger partial charge on any atom is -0.381 e. The van der Waals surface area contributed by atoms with Crippen LogP contribution in [0.2, 0.25) is 0 Å². The number of nitrogens with zero attached hydrogens (tertiary/aromatic N) is 1. The third kappa shape index (κ3) is 7.32. The van der Waals surface area contributed by atoms with E-state index in [-0.39, 0.29) is 0 Å². The Bertz CT molecular complexity index is 482. The Kier molecular flexibility index (Phi) is 8.63. The van der Waals surface area contributed by atoms with E-state index in [9.17, 15) is 0 Å². The number of hydrogen-bond acceptors (Lipinski definition) is 3. The normalized spacial score (nSPS) is 17.9. The second-order valence-corrected chi connectivity index (χ2v) is 6.27. The highest BCUT2D eigenvalue weighted by atomic mass is 16.5. The Morgan fingerprint density at radius 1 is 1.29 bits per heavy atom. The monoisotopic (exact) mass is 333 g/mol. The molecule has 5 nitrogen and oxygen atoms in total.